The molecule has 0 aliphatic carbocycles. The Morgan fingerprint density at radius 2 is 1.76 bits per heavy atom. The smallest absolute Gasteiger partial charge is 0.408 e. The van der Waals surface area contributed by atoms with Crippen LogP contribution in [0.5, 0.6) is 0 Å². The van der Waals surface area contributed by atoms with E-state index in [1.807, 2.05) is 30.3 Å². The number of nitrogens with zero attached hydrogens (tertiary/aromatic N) is 1. The Bertz CT molecular complexity index is 933. The number of hydrogen-bond donors (Lipinski definition) is 2. The number of esters is 2. The Hall–Kier alpha value is -3.47. The summed E-state index contributed by atoms with van der Waals surface area (Å²) in [6, 6.07) is 8.22. The average Bonchev–Trinajstić information content (AvgIpc) is 3.29. The fraction of sp³-hybridized carbons (Fsp3) is 0.409. The summed E-state index contributed by atoms with van der Waals surface area (Å²) in [7, 11) is 0. The van der Waals surface area contributed by atoms with Gasteiger partial charge in [0.25, 0.3) is 5.91 Å². The average molecular weight is 478 g/mol. The minimum Gasteiger partial charge on any atom is -0.465 e. The zero-order chi connectivity index (χ0) is 24.1. The molecule has 0 radical (unpaired) electrons. The summed E-state index contributed by atoms with van der Waals surface area (Å²) >= 11 is 1.23. The number of aromatic nitrogens is 1. The molecule has 0 saturated heterocycles. The standard InChI is InChI=1S/C22H27N3O7S/c1-3-30-19(26)12-23-20(27)17-14-33-18(24-17)11-10-16(21(28)31-4-2)25-22(29)32-13-15-8-6-5-7-9-15/h5-9,14,16H,3-4,10-13H2,1-2H3,(H,23,27)(H,25,29). The van der Waals surface area contributed by atoms with Gasteiger partial charge < -0.3 is 24.8 Å². The maximum atomic E-state index is 12.3. The second-order valence-corrected chi connectivity index (χ2v) is 7.61. The molecule has 0 saturated carbocycles. The van der Waals surface area contributed by atoms with E-state index in [2.05, 4.69) is 15.6 Å². The van der Waals surface area contributed by atoms with Crippen molar-refractivity contribution in [3.8, 4) is 0 Å². The number of nitrogens with one attached hydrogen (secondary N) is 2. The molecule has 11 heteroatoms. The van der Waals surface area contributed by atoms with Gasteiger partial charge >= 0.3 is 18.0 Å². The molecule has 0 bridgehead atoms. The largest absolute Gasteiger partial charge is 0.465 e. The monoisotopic (exact) mass is 477 g/mol. The van der Waals surface area contributed by atoms with Gasteiger partial charge in [0.2, 0.25) is 0 Å². The summed E-state index contributed by atoms with van der Waals surface area (Å²) in [6.45, 7) is 3.56. The highest BCUT2D eigenvalue weighted by Crippen LogP contribution is 2.14. The molecule has 1 aromatic heterocycles. The Kier molecular flexibility index (Phi) is 10.8. The molecule has 2 amide bonds. The summed E-state index contributed by atoms with van der Waals surface area (Å²) in [5.74, 6) is -1.63. The molecular weight excluding hydrogens is 450 g/mol. The first-order chi connectivity index (χ1) is 15.9. The van der Waals surface area contributed by atoms with E-state index in [9.17, 15) is 19.2 Å². The molecule has 0 fully saturated rings. The van der Waals surface area contributed by atoms with Gasteiger partial charge in [-0.1, -0.05) is 30.3 Å². The predicted molar refractivity (Wildman–Crippen MR) is 120 cm³/mol. The number of hydrogen-bond acceptors (Lipinski definition) is 9. The summed E-state index contributed by atoms with van der Waals surface area (Å²) in [4.78, 5) is 52.1. The molecular formula is C22H27N3O7S. The molecule has 33 heavy (non-hydrogen) atoms. The molecule has 1 atom stereocenters. The second-order valence-electron chi connectivity index (χ2n) is 6.66. The predicted octanol–water partition coefficient (Wildman–Crippen LogP) is 2.23. The number of carbonyl (C=O) groups is 4. The van der Waals surface area contributed by atoms with Crippen LogP contribution in [-0.4, -0.2) is 54.7 Å². The molecule has 10 nitrogen and oxygen atoms in total. The summed E-state index contributed by atoms with van der Waals surface area (Å²) in [5, 5.41) is 7.10. The first-order valence-corrected chi connectivity index (χ1v) is 11.3. The number of ether oxygens (including phenoxy) is 3. The molecule has 1 unspecified atom stereocenters. The van der Waals surface area contributed by atoms with Crippen molar-refractivity contribution in [2.45, 2.75) is 39.3 Å². The number of carbonyl (C=O) groups excluding carboxylic acids is 4. The van der Waals surface area contributed by atoms with E-state index in [1.165, 1.54) is 11.3 Å². The molecule has 0 aliphatic rings. The van der Waals surface area contributed by atoms with Gasteiger partial charge in [-0.25, -0.2) is 14.6 Å². The van der Waals surface area contributed by atoms with Crippen LogP contribution >= 0.6 is 11.3 Å². The van der Waals surface area contributed by atoms with Crippen LogP contribution in [0.1, 0.15) is 41.3 Å². The Labute approximate surface area is 195 Å². The van der Waals surface area contributed by atoms with E-state index in [4.69, 9.17) is 14.2 Å². The van der Waals surface area contributed by atoms with Crippen molar-refractivity contribution in [2.75, 3.05) is 19.8 Å². The van der Waals surface area contributed by atoms with Gasteiger partial charge in [-0.05, 0) is 25.8 Å². The van der Waals surface area contributed by atoms with Gasteiger partial charge in [0.05, 0.1) is 18.2 Å². The van der Waals surface area contributed by atoms with Crippen LogP contribution in [0.15, 0.2) is 35.7 Å². The number of thiazole rings is 1. The highest BCUT2D eigenvalue weighted by Gasteiger charge is 2.23. The van der Waals surface area contributed by atoms with Gasteiger partial charge in [-0.3, -0.25) is 9.59 Å². The van der Waals surface area contributed by atoms with Crippen molar-refractivity contribution in [3.63, 3.8) is 0 Å². The zero-order valence-electron chi connectivity index (χ0n) is 18.5. The van der Waals surface area contributed by atoms with Gasteiger partial charge in [0, 0.05) is 11.8 Å². The Balaban J connectivity index is 1.88. The Morgan fingerprint density at radius 3 is 2.45 bits per heavy atom. The molecule has 178 valence electrons. The fourth-order valence-electron chi connectivity index (χ4n) is 2.65. The minimum absolute atomic E-state index is 0.0684. The number of rotatable bonds is 12. The lowest BCUT2D eigenvalue weighted by Gasteiger charge is -2.16. The highest BCUT2D eigenvalue weighted by molar-refractivity contribution is 7.09. The van der Waals surface area contributed by atoms with Crippen LogP contribution < -0.4 is 10.6 Å². The van der Waals surface area contributed by atoms with Crippen LogP contribution in [0.2, 0.25) is 0 Å². The topological polar surface area (TPSA) is 133 Å². The van der Waals surface area contributed by atoms with Gasteiger partial charge in [-0.15, -0.1) is 11.3 Å². The van der Waals surface area contributed by atoms with Gasteiger partial charge in [0.15, 0.2) is 0 Å². The van der Waals surface area contributed by atoms with Crippen molar-refractivity contribution in [1.29, 1.82) is 0 Å². The first kappa shape index (κ1) is 25.8. The molecule has 0 aliphatic heterocycles. The van der Waals surface area contributed by atoms with Crippen molar-refractivity contribution >= 4 is 35.3 Å². The SMILES string of the molecule is CCOC(=O)CNC(=O)c1csc(CCC(NC(=O)OCc2ccccc2)C(=O)OCC)n1. The molecule has 2 rings (SSSR count). The van der Waals surface area contributed by atoms with Crippen molar-refractivity contribution in [3.05, 3.63) is 52.0 Å². The number of alkyl carbamates (subject to hydrolysis) is 1. The van der Waals surface area contributed by atoms with Gasteiger partial charge in [0.1, 0.15) is 24.9 Å². The number of amides is 2. The van der Waals surface area contributed by atoms with E-state index in [-0.39, 0.29) is 38.5 Å². The third-order valence-corrected chi connectivity index (χ3v) is 5.11. The third kappa shape index (κ3) is 9.27. The van der Waals surface area contributed by atoms with E-state index < -0.39 is 30.0 Å². The lowest BCUT2D eigenvalue weighted by molar-refractivity contribution is -0.145. The van der Waals surface area contributed by atoms with Crippen LogP contribution in [0.4, 0.5) is 4.79 Å². The van der Waals surface area contributed by atoms with E-state index >= 15 is 0 Å². The first-order valence-electron chi connectivity index (χ1n) is 10.4. The Morgan fingerprint density at radius 1 is 1.03 bits per heavy atom. The van der Waals surface area contributed by atoms with Crippen LogP contribution in [-0.2, 0) is 36.8 Å². The van der Waals surface area contributed by atoms with Gasteiger partial charge in [-0.2, -0.15) is 0 Å². The third-order valence-electron chi connectivity index (χ3n) is 4.21. The molecule has 2 aromatic rings. The minimum atomic E-state index is -0.932. The summed E-state index contributed by atoms with van der Waals surface area (Å²) in [5.41, 5.74) is 0.971. The number of benzene rings is 1. The second kappa shape index (κ2) is 13.8. The molecule has 0 spiro atoms. The molecule has 1 heterocycles. The normalized spacial score (nSPS) is 11.2. The maximum absolute atomic E-state index is 12.3. The van der Waals surface area contributed by atoms with E-state index in [0.717, 1.165) is 5.56 Å². The van der Waals surface area contributed by atoms with Crippen LogP contribution in [0, 0.1) is 0 Å². The summed E-state index contributed by atoms with van der Waals surface area (Å²) in [6.07, 6.45) is -0.218. The molecule has 2 N–H and O–H groups in total. The highest BCUT2D eigenvalue weighted by atomic mass is 32.1. The molecule has 1 aromatic carbocycles. The maximum Gasteiger partial charge on any atom is 0.408 e. The zero-order valence-corrected chi connectivity index (χ0v) is 19.3. The summed E-state index contributed by atoms with van der Waals surface area (Å²) < 4.78 is 15.0. The van der Waals surface area contributed by atoms with Crippen LogP contribution in [0.25, 0.3) is 0 Å². The van der Waals surface area contributed by atoms with Crippen molar-refractivity contribution < 1.29 is 33.4 Å². The van der Waals surface area contributed by atoms with E-state index in [0.29, 0.717) is 11.4 Å². The van der Waals surface area contributed by atoms with Crippen molar-refractivity contribution in [2.24, 2.45) is 0 Å². The van der Waals surface area contributed by atoms with Crippen molar-refractivity contribution in [1.82, 2.24) is 15.6 Å². The van der Waals surface area contributed by atoms with Crippen LogP contribution in [0.3, 0.4) is 0 Å². The lowest BCUT2D eigenvalue weighted by atomic mass is 10.1. The number of aryl methyl sites for hydroxylation is 1. The van der Waals surface area contributed by atoms with E-state index in [1.54, 1.807) is 19.2 Å². The quantitative estimate of drug-likeness (QED) is 0.351. The lowest BCUT2D eigenvalue weighted by Crippen LogP contribution is -2.42. The fourth-order valence-corrected chi connectivity index (χ4v) is 3.45.